The Morgan fingerprint density at radius 3 is 2.04 bits per heavy atom. The summed E-state index contributed by atoms with van der Waals surface area (Å²) < 4.78 is 40.5. The van der Waals surface area contributed by atoms with Crippen LogP contribution in [0.25, 0.3) is 0 Å². The van der Waals surface area contributed by atoms with Gasteiger partial charge in [0.15, 0.2) is 0 Å². The summed E-state index contributed by atoms with van der Waals surface area (Å²) in [5.41, 5.74) is -0.381. The Labute approximate surface area is 159 Å². The largest absolute Gasteiger partial charge is 0.405 e. The van der Waals surface area contributed by atoms with Crippen LogP contribution in [0.3, 0.4) is 0 Å². The Hall–Kier alpha value is -0.530. The van der Waals surface area contributed by atoms with Crippen molar-refractivity contribution < 1.29 is 18.0 Å². The number of carbonyl (C=O) groups excluding carboxylic acids is 1. The summed E-state index contributed by atoms with van der Waals surface area (Å²) in [6.45, 7) is 1.56. The Bertz CT molecular complexity index is 487. The van der Waals surface area contributed by atoms with Crippen molar-refractivity contribution in [3.8, 4) is 0 Å². The average molecular weight is 396 g/mol. The van der Waals surface area contributed by atoms with Gasteiger partial charge in [-0.05, 0) is 56.3 Å². The van der Waals surface area contributed by atoms with Gasteiger partial charge in [0, 0.05) is 38.1 Å². The van der Waals surface area contributed by atoms with Gasteiger partial charge in [0.2, 0.25) is 5.91 Å². The van der Waals surface area contributed by atoms with Crippen LogP contribution >= 0.6 is 12.4 Å². The Morgan fingerprint density at radius 1 is 1.08 bits per heavy atom. The van der Waals surface area contributed by atoms with Gasteiger partial charge in [-0.15, -0.1) is 12.4 Å². The molecular weight excluding hydrogens is 367 g/mol. The topological polar surface area (TPSA) is 44.4 Å². The van der Waals surface area contributed by atoms with E-state index in [0.29, 0.717) is 43.9 Å². The van der Waals surface area contributed by atoms with E-state index in [4.69, 9.17) is 0 Å². The van der Waals surface area contributed by atoms with E-state index in [-0.39, 0.29) is 30.3 Å². The van der Waals surface area contributed by atoms with E-state index in [9.17, 15) is 18.0 Å². The molecule has 4 nitrogen and oxygen atoms in total. The molecule has 26 heavy (non-hydrogen) atoms. The van der Waals surface area contributed by atoms with Crippen molar-refractivity contribution in [3.05, 3.63) is 0 Å². The number of piperazine rings is 1. The van der Waals surface area contributed by atoms with Crippen molar-refractivity contribution in [2.24, 2.45) is 23.2 Å². The summed E-state index contributed by atoms with van der Waals surface area (Å²) in [4.78, 5) is 14.4. The van der Waals surface area contributed by atoms with Gasteiger partial charge in [-0.3, -0.25) is 9.69 Å². The zero-order chi connectivity index (χ0) is 17.7. The van der Waals surface area contributed by atoms with Crippen LogP contribution in [0.15, 0.2) is 0 Å². The number of nitrogens with zero attached hydrogens (tertiary/aromatic N) is 1. The van der Waals surface area contributed by atoms with Crippen LogP contribution < -0.4 is 10.6 Å². The molecule has 4 aliphatic carbocycles. The van der Waals surface area contributed by atoms with Crippen molar-refractivity contribution in [1.82, 2.24) is 15.5 Å². The molecular formula is C18H29ClF3N3O. The summed E-state index contributed by atoms with van der Waals surface area (Å²) in [6, 6.07) is -1.58. The van der Waals surface area contributed by atoms with E-state index in [1.807, 2.05) is 0 Å². The third-order valence-corrected chi connectivity index (χ3v) is 6.95. The Kier molecular flexibility index (Phi) is 5.81. The fourth-order valence-corrected chi connectivity index (χ4v) is 6.21. The zero-order valence-corrected chi connectivity index (χ0v) is 15.8. The molecule has 1 unspecified atom stereocenters. The standard InChI is InChI=1S/C18H28F3N3O.ClH/c19-18(20,21)15(24-3-1-22-2-4-24)11-23-16(25)17-8-12-5-13(9-17)7-14(6-12)10-17;/h12-15,22H,1-11H2,(H,23,25);1H. The molecule has 0 aromatic rings. The highest BCUT2D eigenvalue weighted by Crippen LogP contribution is 2.60. The molecule has 0 aromatic heterocycles. The lowest BCUT2D eigenvalue weighted by molar-refractivity contribution is -0.185. The minimum Gasteiger partial charge on any atom is -0.354 e. The monoisotopic (exact) mass is 395 g/mol. The van der Waals surface area contributed by atoms with Crippen LogP contribution in [0.5, 0.6) is 0 Å². The molecule has 0 spiro atoms. The summed E-state index contributed by atoms with van der Waals surface area (Å²) in [5.74, 6) is 1.73. The number of amides is 1. The predicted octanol–water partition coefficient (Wildman–Crippen LogP) is 2.58. The number of hydrogen-bond acceptors (Lipinski definition) is 3. The molecule has 1 saturated heterocycles. The molecule has 5 fully saturated rings. The van der Waals surface area contributed by atoms with Crippen LogP contribution in [0, 0.1) is 23.2 Å². The minimum atomic E-state index is -4.31. The number of rotatable bonds is 4. The second kappa shape index (κ2) is 7.47. The molecule has 1 heterocycles. The molecule has 1 amide bonds. The first-order chi connectivity index (χ1) is 11.9. The fraction of sp³-hybridized carbons (Fsp3) is 0.944. The SMILES string of the molecule is Cl.O=C(NCC(N1CCNCC1)C(F)(F)F)C12CC3CC(CC(C3)C1)C2. The Morgan fingerprint density at radius 2 is 1.58 bits per heavy atom. The molecule has 1 aliphatic heterocycles. The van der Waals surface area contributed by atoms with Gasteiger partial charge >= 0.3 is 6.18 Å². The maximum atomic E-state index is 13.5. The van der Waals surface area contributed by atoms with Crippen LogP contribution in [-0.4, -0.2) is 55.7 Å². The number of carbonyl (C=O) groups is 1. The van der Waals surface area contributed by atoms with Gasteiger partial charge in [0.1, 0.15) is 6.04 Å². The van der Waals surface area contributed by atoms with E-state index in [1.165, 1.54) is 24.2 Å². The van der Waals surface area contributed by atoms with E-state index in [2.05, 4.69) is 10.6 Å². The highest BCUT2D eigenvalue weighted by Gasteiger charge is 2.55. The molecule has 8 heteroatoms. The maximum absolute atomic E-state index is 13.5. The molecule has 0 aromatic carbocycles. The number of nitrogens with one attached hydrogen (secondary N) is 2. The molecule has 5 rings (SSSR count). The van der Waals surface area contributed by atoms with E-state index < -0.39 is 12.2 Å². The first-order valence-corrected chi connectivity index (χ1v) is 9.65. The molecule has 4 saturated carbocycles. The van der Waals surface area contributed by atoms with E-state index >= 15 is 0 Å². The lowest BCUT2D eigenvalue weighted by Gasteiger charge is -2.55. The first kappa shape index (κ1) is 20.2. The smallest absolute Gasteiger partial charge is 0.354 e. The summed E-state index contributed by atoms with van der Waals surface area (Å²) >= 11 is 0. The van der Waals surface area contributed by atoms with Crippen LogP contribution in [-0.2, 0) is 4.79 Å². The third-order valence-electron chi connectivity index (χ3n) is 6.95. The highest BCUT2D eigenvalue weighted by atomic mass is 35.5. The molecule has 2 N–H and O–H groups in total. The normalized spacial score (nSPS) is 37.9. The summed E-state index contributed by atoms with van der Waals surface area (Å²) in [6.07, 6.45) is 2.00. The second-order valence-electron chi connectivity index (χ2n) is 8.75. The van der Waals surface area contributed by atoms with Gasteiger partial charge < -0.3 is 10.6 Å². The van der Waals surface area contributed by atoms with Crippen molar-refractivity contribution >= 4 is 18.3 Å². The second-order valence-corrected chi connectivity index (χ2v) is 8.75. The Balaban J connectivity index is 0.00000196. The van der Waals surface area contributed by atoms with Crippen LogP contribution in [0.1, 0.15) is 38.5 Å². The molecule has 4 bridgehead atoms. The van der Waals surface area contributed by atoms with Gasteiger partial charge in [-0.2, -0.15) is 13.2 Å². The molecule has 150 valence electrons. The third kappa shape index (κ3) is 3.85. The average Bonchev–Trinajstić information content (AvgIpc) is 2.53. The number of hydrogen-bond donors (Lipinski definition) is 2. The molecule has 5 aliphatic rings. The van der Waals surface area contributed by atoms with Gasteiger partial charge in [-0.1, -0.05) is 0 Å². The number of halogens is 4. The minimum absolute atomic E-state index is 0. The quantitative estimate of drug-likeness (QED) is 0.769. The summed E-state index contributed by atoms with van der Waals surface area (Å²) in [7, 11) is 0. The lowest BCUT2D eigenvalue weighted by Crippen LogP contribution is -2.59. The van der Waals surface area contributed by atoms with E-state index in [1.54, 1.807) is 0 Å². The molecule has 0 radical (unpaired) electrons. The van der Waals surface area contributed by atoms with Crippen molar-refractivity contribution in [2.75, 3.05) is 32.7 Å². The van der Waals surface area contributed by atoms with Gasteiger partial charge in [0.05, 0.1) is 0 Å². The van der Waals surface area contributed by atoms with Crippen molar-refractivity contribution in [3.63, 3.8) is 0 Å². The fourth-order valence-electron chi connectivity index (χ4n) is 6.21. The summed E-state index contributed by atoms with van der Waals surface area (Å²) in [5, 5.41) is 5.80. The number of alkyl halides is 3. The van der Waals surface area contributed by atoms with Crippen molar-refractivity contribution in [2.45, 2.75) is 50.7 Å². The lowest BCUT2D eigenvalue weighted by atomic mass is 9.49. The highest BCUT2D eigenvalue weighted by molar-refractivity contribution is 5.85. The molecule has 1 atom stereocenters. The van der Waals surface area contributed by atoms with Gasteiger partial charge in [0.25, 0.3) is 0 Å². The van der Waals surface area contributed by atoms with Gasteiger partial charge in [-0.25, -0.2) is 0 Å². The predicted molar refractivity (Wildman–Crippen MR) is 95.1 cm³/mol. The van der Waals surface area contributed by atoms with Crippen molar-refractivity contribution in [1.29, 1.82) is 0 Å². The maximum Gasteiger partial charge on any atom is 0.405 e. The zero-order valence-electron chi connectivity index (χ0n) is 15.0. The van der Waals surface area contributed by atoms with Crippen LogP contribution in [0.4, 0.5) is 13.2 Å². The first-order valence-electron chi connectivity index (χ1n) is 9.65. The van der Waals surface area contributed by atoms with E-state index in [0.717, 1.165) is 19.3 Å². The van der Waals surface area contributed by atoms with Crippen LogP contribution in [0.2, 0.25) is 0 Å².